The van der Waals surface area contributed by atoms with E-state index < -0.39 is 0 Å². The Morgan fingerprint density at radius 1 is 1.29 bits per heavy atom. The molecule has 0 saturated heterocycles. The van der Waals surface area contributed by atoms with Gasteiger partial charge in [0.1, 0.15) is 0 Å². The minimum absolute atomic E-state index is 0.00736. The van der Waals surface area contributed by atoms with Gasteiger partial charge in [-0.15, -0.1) is 0 Å². The molecule has 2 rings (SSSR count). The molecular weight excluding hydrogens is 172 g/mol. The first-order valence-electron chi connectivity index (χ1n) is 5.86. The summed E-state index contributed by atoms with van der Waals surface area (Å²) in [6.07, 6.45) is 8.25. The number of aliphatic hydroxyl groups excluding tert-OH is 1. The molecule has 14 heavy (non-hydrogen) atoms. The zero-order chi connectivity index (χ0) is 10.4. The van der Waals surface area contributed by atoms with Crippen molar-refractivity contribution in [3.05, 3.63) is 11.6 Å². The van der Waals surface area contributed by atoms with Crippen molar-refractivity contribution in [2.75, 3.05) is 0 Å². The van der Waals surface area contributed by atoms with Crippen molar-refractivity contribution in [1.29, 1.82) is 0 Å². The molecule has 1 N–H and O–H groups in total. The Morgan fingerprint density at radius 2 is 2.00 bits per heavy atom. The van der Waals surface area contributed by atoms with Crippen LogP contribution < -0.4 is 0 Å². The lowest BCUT2D eigenvalue weighted by atomic mass is 9.56. The molecule has 1 heteroatoms. The number of allylic oxidation sites excluding steroid dienone is 1. The van der Waals surface area contributed by atoms with Gasteiger partial charge in [0.2, 0.25) is 0 Å². The van der Waals surface area contributed by atoms with Crippen LogP contribution >= 0.6 is 0 Å². The molecule has 1 saturated carbocycles. The van der Waals surface area contributed by atoms with E-state index in [1.54, 1.807) is 0 Å². The first-order valence-corrected chi connectivity index (χ1v) is 5.86. The van der Waals surface area contributed by atoms with E-state index in [1.165, 1.54) is 31.3 Å². The van der Waals surface area contributed by atoms with Gasteiger partial charge < -0.3 is 5.11 Å². The standard InChI is InChI=1S/C13H22O/c1-12(2)10-6-4-5-8-13(10,3)9-7-11(12)14/h6,11,14H,4-5,7-9H2,1-3H3/t11-,13+/m1/s1. The van der Waals surface area contributed by atoms with Gasteiger partial charge in [-0.1, -0.05) is 32.4 Å². The fraction of sp³-hybridized carbons (Fsp3) is 0.846. The van der Waals surface area contributed by atoms with Crippen molar-refractivity contribution < 1.29 is 5.11 Å². The van der Waals surface area contributed by atoms with E-state index >= 15 is 0 Å². The zero-order valence-electron chi connectivity index (χ0n) is 9.64. The van der Waals surface area contributed by atoms with Crippen LogP contribution in [0.2, 0.25) is 0 Å². The van der Waals surface area contributed by atoms with Crippen molar-refractivity contribution >= 4 is 0 Å². The molecular formula is C13H22O. The second kappa shape index (κ2) is 3.10. The molecule has 0 aromatic rings. The normalized spacial score (nSPS) is 41.4. The van der Waals surface area contributed by atoms with Gasteiger partial charge in [0.25, 0.3) is 0 Å². The number of hydrogen-bond acceptors (Lipinski definition) is 1. The van der Waals surface area contributed by atoms with Gasteiger partial charge in [-0.3, -0.25) is 0 Å². The summed E-state index contributed by atoms with van der Waals surface area (Å²) in [5, 5.41) is 10.0. The Kier molecular flexibility index (Phi) is 2.26. The van der Waals surface area contributed by atoms with Gasteiger partial charge in [-0.05, 0) is 37.5 Å². The third-order valence-corrected chi connectivity index (χ3v) is 4.43. The molecule has 80 valence electrons. The molecule has 0 aromatic carbocycles. The third-order valence-electron chi connectivity index (χ3n) is 4.43. The van der Waals surface area contributed by atoms with Gasteiger partial charge in [-0.2, -0.15) is 0 Å². The van der Waals surface area contributed by atoms with E-state index in [2.05, 4.69) is 26.8 Å². The van der Waals surface area contributed by atoms with Gasteiger partial charge in [0.15, 0.2) is 0 Å². The maximum atomic E-state index is 10.0. The predicted molar refractivity (Wildman–Crippen MR) is 59.1 cm³/mol. The summed E-state index contributed by atoms with van der Waals surface area (Å²) >= 11 is 0. The molecule has 2 aliphatic rings. The highest BCUT2D eigenvalue weighted by Gasteiger charge is 2.46. The molecule has 0 radical (unpaired) electrons. The van der Waals surface area contributed by atoms with Crippen molar-refractivity contribution in [3.8, 4) is 0 Å². The molecule has 2 atom stereocenters. The van der Waals surface area contributed by atoms with Crippen molar-refractivity contribution in [2.24, 2.45) is 10.8 Å². The zero-order valence-corrected chi connectivity index (χ0v) is 9.64. The van der Waals surface area contributed by atoms with E-state index in [0.29, 0.717) is 5.41 Å². The molecule has 1 fully saturated rings. The van der Waals surface area contributed by atoms with Crippen LogP contribution in [0.1, 0.15) is 52.9 Å². The first-order chi connectivity index (χ1) is 6.47. The molecule has 0 heterocycles. The molecule has 2 aliphatic carbocycles. The van der Waals surface area contributed by atoms with Gasteiger partial charge in [-0.25, -0.2) is 0 Å². The van der Waals surface area contributed by atoms with Crippen LogP contribution in [0.15, 0.2) is 11.6 Å². The van der Waals surface area contributed by atoms with Crippen LogP contribution in [0, 0.1) is 10.8 Å². The SMILES string of the molecule is CC1(C)C2=CCCC[C@@]2(C)CC[C@H]1O. The Balaban J connectivity index is 2.39. The largest absolute Gasteiger partial charge is 0.392 e. The topological polar surface area (TPSA) is 20.2 Å². The molecule has 0 spiro atoms. The quantitative estimate of drug-likeness (QED) is 0.587. The van der Waals surface area contributed by atoms with E-state index in [0.717, 1.165) is 6.42 Å². The number of rotatable bonds is 0. The lowest BCUT2D eigenvalue weighted by molar-refractivity contribution is 0.00818. The summed E-state index contributed by atoms with van der Waals surface area (Å²) < 4.78 is 0. The molecule has 0 bridgehead atoms. The summed E-state index contributed by atoms with van der Waals surface area (Å²) in [6, 6.07) is 0. The summed E-state index contributed by atoms with van der Waals surface area (Å²) in [7, 11) is 0. The minimum atomic E-state index is -0.139. The Hall–Kier alpha value is -0.300. The Bertz CT molecular complexity index is 264. The summed E-state index contributed by atoms with van der Waals surface area (Å²) in [5.74, 6) is 0. The number of fused-ring (bicyclic) bond motifs is 1. The van der Waals surface area contributed by atoms with Crippen molar-refractivity contribution in [3.63, 3.8) is 0 Å². The van der Waals surface area contributed by atoms with E-state index in [9.17, 15) is 5.11 Å². The molecule has 0 aromatic heterocycles. The van der Waals surface area contributed by atoms with Crippen LogP contribution in [0.25, 0.3) is 0 Å². The lowest BCUT2D eigenvalue weighted by Gasteiger charge is -2.50. The molecule has 1 nitrogen and oxygen atoms in total. The third kappa shape index (κ3) is 1.33. The van der Waals surface area contributed by atoms with E-state index in [4.69, 9.17) is 0 Å². The highest BCUT2D eigenvalue weighted by molar-refractivity contribution is 5.27. The number of aliphatic hydroxyl groups is 1. The van der Waals surface area contributed by atoms with Crippen LogP contribution in [0.3, 0.4) is 0 Å². The smallest absolute Gasteiger partial charge is 0.0628 e. The summed E-state index contributed by atoms with van der Waals surface area (Å²) in [5.41, 5.74) is 1.92. The monoisotopic (exact) mass is 194 g/mol. The fourth-order valence-corrected chi connectivity index (χ4v) is 3.42. The predicted octanol–water partition coefficient (Wildman–Crippen LogP) is 3.28. The van der Waals surface area contributed by atoms with E-state index in [1.807, 2.05) is 0 Å². The van der Waals surface area contributed by atoms with Crippen molar-refractivity contribution in [1.82, 2.24) is 0 Å². The highest BCUT2D eigenvalue weighted by atomic mass is 16.3. The van der Waals surface area contributed by atoms with Gasteiger partial charge in [0.05, 0.1) is 6.10 Å². The van der Waals surface area contributed by atoms with Crippen LogP contribution in [0.5, 0.6) is 0 Å². The van der Waals surface area contributed by atoms with Gasteiger partial charge >= 0.3 is 0 Å². The average molecular weight is 194 g/mol. The molecule has 0 aliphatic heterocycles. The Morgan fingerprint density at radius 3 is 2.71 bits per heavy atom. The Labute approximate surface area is 87.2 Å². The van der Waals surface area contributed by atoms with Crippen LogP contribution in [-0.4, -0.2) is 11.2 Å². The van der Waals surface area contributed by atoms with Crippen LogP contribution in [-0.2, 0) is 0 Å². The number of hydrogen-bond donors (Lipinski definition) is 1. The summed E-state index contributed by atoms with van der Waals surface area (Å²) in [4.78, 5) is 0. The van der Waals surface area contributed by atoms with Crippen molar-refractivity contribution in [2.45, 2.75) is 59.0 Å². The minimum Gasteiger partial charge on any atom is -0.392 e. The first kappa shape index (κ1) is 10.2. The maximum absolute atomic E-state index is 10.0. The van der Waals surface area contributed by atoms with E-state index in [-0.39, 0.29) is 11.5 Å². The molecule has 0 amide bonds. The van der Waals surface area contributed by atoms with Gasteiger partial charge in [0, 0.05) is 5.41 Å². The highest BCUT2D eigenvalue weighted by Crippen LogP contribution is 2.54. The second-order valence-electron chi connectivity index (χ2n) is 5.85. The molecule has 0 unspecified atom stereocenters. The average Bonchev–Trinajstić information content (AvgIpc) is 2.13. The summed E-state index contributed by atoms with van der Waals surface area (Å²) in [6.45, 7) is 6.78. The second-order valence-corrected chi connectivity index (χ2v) is 5.85. The maximum Gasteiger partial charge on any atom is 0.0628 e. The lowest BCUT2D eigenvalue weighted by Crippen LogP contribution is -2.44. The van der Waals surface area contributed by atoms with Crippen LogP contribution in [0.4, 0.5) is 0 Å². The fourth-order valence-electron chi connectivity index (χ4n) is 3.42.